The molecule has 3 aromatic carbocycles. The zero-order chi connectivity index (χ0) is 24.5. The number of halogens is 2. The molecule has 1 aromatic heterocycles. The Morgan fingerprint density at radius 3 is 2.57 bits per heavy atom. The third kappa shape index (κ3) is 4.20. The highest BCUT2D eigenvalue weighted by Gasteiger charge is 2.36. The molecule has 176 valence electrons. The van der Waals surface area contributed by atoms with Gasteiger partial charge in [0.05, 0.1) is 24.4 Å². The average molecular weight is 506 g/mol. The first-order valence-corrected chi connectivity index (χ1v) is 11.9. The van der Waals surface area contributed by atoms with Gasteiger partial charge in [-0.25, -0.2) is 5.01 Å². The summed E-state index contributed by atoms with van der Waals surface area (Å²) in [5.41, 5.74) is 3.60. The molecule has 0 fully saturated rings. The molecule has 35 heavy (non-hydrogen) atoms. The molecule has 0 saturated heterocycles. The van der Waals surface area contributed by atoms with Crippen molar-refractivity contribution in [1.29, 1.82) is 0 Å². The number of alkyl halides is 1. The Morgan fingerprint density at radius 1 is 1.09 bits per heavy atom. The van der Waals surface area contributed by atoms with Crippen LogP contribution in [0.25, 0.3) is 22.0 Å². The van der Waals surface area contributed by atoms with E-state index < -0.39 is 6.04 Å². The Morgan fingerprint density at radius 2 is 1.83 bits per heavy atom. The molecule has 6 nitrogen and oxygen atoms in total. The summed E-state index contributed by atoms with van der Waals surface area (Å²) in [6, 6.07) is 21.9. The fourth-order valence-corrected chi connectivity index (χ4v) is 4.88. The molecule has 1 atom stereocenters. The van der Waals surface area contributed by atoms with E-state index in [0.29, 0.717) is 39.5 Å². The zero-order valence-electron chi connectivity index (χ0n) is 18.8. The molecule has 4 aromatic rings. The van der Waals surface area contributed by atoms with E-state index in [4.69, 9.17) is 27.9 Å². The maximum Gasteiger partial charge on any atom is 0.258 e. The van der Waals surface area contributed by atoms with Gasteiger partial charge in [-0.3, -0.25) is 9.59 Å². The zero-order valence-corrected chi connectivity index (χ0v) is 20.3. The number of fused-ring (bicyclic) bond motifs is 1. The van der Waals surface area contributed by atoms with Gasteiger partial charge in [0, 0.05) is 33.5 Å². The summed E-state index contributed by atoms with van der Waals surface area (Å²) in [6.07, 6.45) is 0.317. The monoisotopic (exact) mass is 505 g/mol. The molecular formula is C27H21Cl2N3O3. The molecule has 0 aliphatic carbocycles. The normalized spacial score (nSPS) is 15.3. The van der Waals surface area contributed by atoms with Crippen molar-refractivity contribution in [3.63, 3.8) is 0 Å². The summed E-state index contributed by atoms with van der Waals surface area (Å²) >= 11 is 12.3. The van der Waals surface area contributed by atoms with Gasteiger partial charge in [0.2, 0.25) is 0 Å². The fourth-order valence-electron chi connectivity index (χ4n) is 4.58. The van der Waals surface area contributed by atoms with Crippen LogP contribution in [0.5, 0.6) is 5.75 Å². The smallest absolute Gasteiger partial charge is 0.258 e. The van der Waals surface area contributed by atoms with Crippen molar-refractivity contribution in [1.82, 2.24) is 9.99 Å². The molecule has 0 bridgehead atoms. The van der Waals surface area contributed by atoms with Gasteiger partial charge in [0.15, 0.2) is 0 Å². The summed E-state index contributed by atoms with van der Waals surface area (Å²) in [5.74, 6) is 0.0281. The second kappa shape index (κ2) is 9.56. The van der Waals surface area contributed by atoms with Crippen LogP contribution >= 0.6 is 23.2 Å². The van der Waals surface area contributed by atoms with E-state index in [1.165, 1.54) is 5.01 Å². The number of aromatic nitrogens is 1. The van der Waals surface area contributed by atoms with Crippen molar-refractivity contribution in [2.24, 2.45) is 5.10 Å². The average Bonchev–Trinajstić information content (AvgIpc) is 3.33. The van der Waals surface area contributed by atoms with Crippen molar-refractivity contribution in [2.75, 3.05) is 13.0 Å². The molecule has 5 rings (SSSR count). The first kappa shape index (κ1) is 23.1. The maximum absolute atomic E-state index is 13.5. The lowest BCUT2D eigenvalue weighted by Gasteiger charge is -2.22. The fraction of sp³-hybridized carbons (Fsp3) is 0.148. The van der Waals surface area contributed by atoms with Crippen LogP contribution in [0.1, 0.15) is 23.6 Å². The summed E-state index contributed by atoms with van der Waals surface area (Å²) in [5, 5.41) is 7.34. The molecule has 0 radical (unpaired) electrons. The SMILES string of the molecule is COc1ccccc1C1CC(c2c(-c3ccccc3)c3cc(Cl)ccc3[nH]c2=O)=NN1C(=O)CCl. The van der Waals surface area contributed by atoms with Crippen LogP contribution in [0, 0.1) is 0 Å². The van der Waals surface area contributed by atoms with E-state index in [1.54, 1.807) is 19.2 Å². The van der Waals surface area contributed by atoms with Crippen LogP contribution in [-0.4, -0.2) is 34.6 Å². The number of carbonyl (C=O) groups is 1. The van der Waals surface area contributed by atoms with E-state index in [1.807, 2.05) is 60.7 Å². The molecule has 2 heterocycles. The number of amides is 1. The number of pyridine rings is 1. The number of para-hydroxylation sites is 1. The van der Waals surface area contributed by atoms with E-state index in [2.05, 4.69) is 10.1 Å². The number of hydrogen-bond acceptors (Lipinski definition) is 4. The Bertz CT molecular complexity index is 1520. The highest BCUT2D eigenvalue weighted by atomic mass is 35.5. The van der Waals surface area contributed by atoms with E-state index in [-0.39, 0.29) is 17.3 Å². The highest BCUT2D eigenvalue weighted by Crippen LogP contribution is 2.40. The minimum Gasteiger partial charge on any atom is -0.496 e. The van der Waals surface area contributed by atoms with Crippen LogP contribution in [0.2, 0.25) is 5.02 Å². The molecule has 1 unspecified atom stereocenters. The number of ether oxygens (including phenoxy) is 1. The second-order valence-corrected chi connectivity index (χ2v) is 8.84. The highest BCUT2D eigenvalue weighted by molar-refractivity contribution is 6.31. The Kier molecular flexibility index (Phi) is 6.32. The van der Waals surface area contributed by atoms with Crippen LogP contribution in [0.3, 0.4) is 0 Å². The molecule has 1 amide bonds. The lowest BCUT2D eigenvalue weighted by atomic mass is 9.91. The number of benzene rings is 3. The number of hydrogen-bond donors (Lipinski definition) is 1. The van der Waals surface area contributed by atoms with Crippen LogP contribution in [0.4, 0.5) is 0 Å². The third-order valence-corrected chi connectivity index (χ3v) is 6.57. The largest absolute Gasteiger partial charge is 0.496 e. The lowest BCUT2D eigenvalue weighted by molar-refractivity contribution is -0.130. The summed E-state index contributed by atoms with van der Waals surface area (Å²) in [6.45, 7) is 0. The number of nitrogens with one attached hydrogen (secondary N) is 1. The minimum absolute atomic E-state index is 0.238. The predicted octanol–water partition coefficient (Wildman–Crippen LogP) is 5.77. The second-order valence-electron chi connectivity index (χ2n) is 8.14. The quantitative estimate of drug-likeness (QED) is 0.349. The topological polar surface area (TPSA) is 74.8 Å². The predicted molar refractivity (Wildman–Crippen MR) is 139 cm³/mol. The number of carbonyl (C=O) groups excluding carboxylic acids is 1. The number of H-pyrrole nitrogens is 1. The first-order valence-electron chi connectivity index (χ1n) is 11.0. The van der Waals surface area contributed by atoms with E-state index in [0.717, 1.165) is 16.5 Å². The molecule has 0 saturated carbocycles. The molecule has 1 aliphatic heterocycles. The van der Waals surface area contributed by atoms with Crippen LogP contribution in [0.15, 0.2) is 82.7 Å². The molecule has 1 N–H and O–H groups in total. The van der Waals surface area contributed by atoms with Crippen LogP contribution in [-0.2, 0) is 4.79 Å². The van der Waals surface area contributed by atoms with Crippen molar-refractivity contribution in [3.8, 4) is 16.9 Å². The van der Waals surface area contributed by atoms with E-state index >= 15 is 0 Å². The van der Waals surface area contributed by atoms with Crippen molar-refractivity contribution in [3.05, 3.63) is 99.3 Å². The van der Waals surface area contributed by atoms with Gasteiger partial charge >= 0.3 is 0 Å². The third-order valence-electron chi connectivity index (χ3n) is 6.11. The minimum atomic E-state index is -0.467. The van der Waals surface area contributed by atoms with Gasteiger partial charge in [0.25, 0.3) is 11.5 Å². The number of hydrazone groups is 1. The molecule has 1 aliphatic rings. The maximum atomic E-state index is 13.5. The summed E-state index contributed by atoms with van der Waals surface area (Å²) in [4.78, 5) is 29.3. The van der Waals surface area contributed by atoms with Crippen LogP contribution < -0.4 is 10.3 Å². The molecule has 8 heteroatoms. The van der Waals surface area contributed by atoms with Crippen molar-refractivity contribution in [2.45, 2.75) is 12.5 Å². The lowest BCUT2D eigenvalue weighted by Crippen LogP contribution is -2.28. The van der Waals surface area contributed by atoms with E-state index in [9.17, 15) is 9.59 Å². The van der Waals surface area contributed by atoms with Gasteiger partial charge in [-0.05, 0) is 29.8 Å². The Balaban J connectivity index is 1.75. The van der Waals surface area contributed by atoms with Gasteiger partial charge in [-0.1, -0.05) is 60.1 Å². The van der Waals surface area contributed by atoms with Gasteiger partial charge in [-0.2, -0.15) is 5.10 Å². The van der Waals surface area contributed by atoms with Crippen molar-refractivity contribution >= 4 is 45.7 Å². The Labute approximate surface area is 211 Å². The number of methoxy groups -OCH3 is 1. The summed E-state index contributed by atoms with van der Waals surface area (Å²) < 4.78 is 5.54. The number of nitrogens with zero attached hydrogens (tertiary/aromatic N) is 2. The van der Waals surface area contributed by atoms with Gasteiger partial charge in [0.1, 0.15) is 11.6 Å². The summed E-state index contributed by atoms with van der Waals surface area (Å²) in [7, 11) is 1.58. The van der Waals surface area contributed by atoms with Crippen molar-refractivity contribution < 1.29 is 9.53 Å². The molecule has 0 spiro atoms. The van der Waals surface area contributed by atoms with Gasteiger partial charge < -0.3 is 9.72 Å². The number of rotatable bonds is 5. The number of aromatic amines is 1. The molecular weight excluding hydrogens is 485 g/mol. The first-order chi connectivity index (χ1) is 17.0. The standard InChI is InChI=1S/C27H21Cl2N3O3/c1-35-23-10-6-5-9-18(23)22-14-21(31-32(22)24(33)15-28)26-25(16-7-3-2-4-8-16)19-13-17(29)11-12-20(19)30-27(26)34/h2-13,22H,14-15H2,1H3,(H,30,34). The Hall–Kier alpha value is -3.61. The van der Waals surface area contributed by atoms with Gasteiger partial charge in [-0.15, -0.1) is 11.6 Å².